The Morgan fingerprint density at radius 3 is 2.59 bits per heavy atom. The van der Waals surface area contributed by atoms with Gasteiger partial charge in [-0.15, -0.1) is 0 Å². The van der Waals surface area contributed by atoms with Gasteiger partial charge in [0.15, 0.2) is 10.9 Å². The van der Waals surface area contributed by atoms with Crippen LogP contribution in [0.2, 0.25) is 0 Å². The number of benzene rings is 2. The molecule has 0 saturated carbocycles. The summed E-state index contributed by atoms with van der Waals surface area (Å²) in [5, 5.41) is 2.56. The third-order valence-electron chi connectivity index (χ3n) is 3.35. The van der Waals surface area contributed by atoms with Gasteiger partial charge in [0.1, 0.15) is 0 Å². The average molecular weight is 308 g/mol. The first kappa shape index (κ1) is 14.6. The number of carbonyl (C=O) groups excluding carboxylic acids is 1. The molecule has 0 amide bonds. The normalized spacial score (nSPS) is 11.4. The highest BCUT2D eigenvalue weighted by molar-refractivity contribution is 8.02. The Hall–Kier alpha value is -2.33. The van der Waals surface area contributed by atoms with Crippen LogP contribution < -0.4 is 0 Å². The van der Waals surface area contributed by atoms with Crippen molar-refractivity contribution >= 4 is 28.6 Å². The number of aryl methyl sites for hydroxylation is 2. The number of allylic oxidation sites excluding steroid dienone is 1. The molecule has 0 bridgehead atoms. The van der Waals surface area contributed by atoms with E-state index in [1.54, 1.807) is 11.5 Å². The van der Waals surface area contributed by atoms with Crippen LogP contribution in [0.4, 0.5) is 0 Å². The fraction of sp³-hybridized carbons (Fsp3) is 0.111. The first-order valence-electron chi connectivity index (χ1n) is 7.02. The second-order valence-corrected chi connectivity index (χ2v) is 6.11. The molecule has 0 spiro atoms. The van der Waals surface area contributed by atoms with E-state index in [4.69, 9.17) is 0 Å². The molecule has 110 valence electrons. The van der Waals surface area contributed by atoms with Gasteiger partial charge >= 0.3 is 0 Å². The summed E-state index contributed by atoms with van der Waals surface area (Å²) >= 11 is 1.41. The molecule has 1 heterocycles. The van der Waals surface area contributed by atoms with E-state index in [2.05, 4.69) is 16.0 Å². The zero-order valence-corrected chi connectivity index (χ0v) is 13.3. The van der Waals surface area contributed by atoms with Crippen molar-refractivity contribution in [1.29, 1.82) is 0 Å². The molecule has 0 fully saturated rings. The van der Waals surface area contributed by atoms with E-state index < -0.39 is 0 Å². The standard InChI is InChI=1S/C18H16N2OS/c1-12-3-6-14(7-4-12)17(21)9-10-22-18-19-15-8-5-13(2)11-16(15)20-18/h3-11H,1-2H3,(H,19,20)/b10-9+. The lowest BCUT2D eigenvalue weighted by Gasteiger charge is -1.96. The minimum Gasteiger partial charge on any atom is -0.333 e. The summed E-state index contributed by atoms with van der Waals surface area (Å²) in [6.07, 6.45) is 1.58. The summed E-state index contributed by atoms with van der Waals surface area (Å²) in [6.45, 7) is 4.05. The first-order chi connectivity index (χ1) is 10.6. The number of nitrogens with one attached hydrogen (secondary N) is 1. The largest absolute Gasteiger partial charge is 0.333 e. The minimum absolute atomic E-state index is 0.000504. The van der Waals surface area contributed by atoms with Crippen LogP contribution in [-0.2, 0) is 0 Å². The van der Waals surface area contributed by atoms with Crippen LogP contribution in [0, 0.1) is 13.8 Å². The highest BCUT2D eigenvalue weighted by Gasteiger charge is 2.03. The number of ketones is 1. The monoisotopic (exact) mass is 308 g/mol. The Morgan fingerprint density at radius 1 is 1.09 bits per heavy atom. The maximum Gasteiger partial charge on any atom is 0.186 e. The third-order valence-corrected chi connectivity index (χ3v) is 4.04. The van der Waals surface area contributed by atoms with Gasteiger partial charge in [-0.3, -0.25) is 4.79 Å². The SMILES string of the molecule is Cc1ccc(C(=O)/C=C/Sc2nc3ccc(C)cc3[nH]2)cc1. The van der Waals surface area contributed by atoms with E-state index in [1.165, 1.54) is 17.3 Å². The van der Waals surface area contributed by atoms with E-state index in [0.29, 0.717) is 5.56 Å². The molecule has 0 aliphatic heterocycles. The number of hydrogen-bond acceptors (Lipinski definition) is 3. The Labute approximate surface area is 133 Å². The summed E-state index contributed by atoms with van der Waals surface area (Å²) in [7, 11) is 0. The first-order valence-corrected chi connectivity index (χ1v) is 7.90. The lowest BCUT2D eigenvalue weighted by atomic mass is 10.1. The van der Waals surface area contributed by atoms with Crippen molar-refractivity contribution in [2.24, 2.45) is 0 Å². The molecule has 22 heavy (non-hydrogen) atoms. The highest BCUT2D eigenvalue weighted by atomic mass is 32.2. The van der Waals surface area contributed by atoms with Crippen molar-refractivity contribution in [1.82, 2.24) is 9.97 Å². The number of aromatic nitrogens is 2. The summed E-state index contributed by atoms with van der Waals surface area (Å²) in [6, 6.07) is 13.7. The number of H-pyrrole nitrogens is 1. The maximum absolute atomic E-state index is 12.0. The van der Waals surface area contributed by atoms with E-state index in [1.807, 2.05) is 50.2 Å². The molecular formula is C18H16N2OS. The van der Waals surface area contributed by atoms with Crippen LogP contribution in [0.25, 0.3) is 11.0 Å². The highest BCUT2D eigenvalue weighted by Crippen LogP contribution is 2.21. The zero-order chi connectivity index (χ0) is 15.5. The van der Waals surface area contributed by atoms with Crippen molar-refractivity contribution < 1.29 is 4.79 Å². The lowest BCUT2D eigenvalue weighted by molar-refractivity contribution is 0.104. The van der Waals surface area contributed by atoms with Gasteiger partial charge in [-0.1, -0.05) is 47.7 Å². The van der Waals surface area contributed by atoms with Gasteiger partial charge in [-0.2, -0.15) is 0 Å². The molecule has 0 unspecified atom stereocenters. The summed E-state index contributed by atoms with van der Waals surface area (Å²) in [5.41, 5.74) is 4.99. The predicted molar refractivity (Wildman–Crippen MR) is 91.3 cm³/mol. The van der Waals surface area contributed by atoms with Crippen LogP contribution in [-0.4, -0.2) is 15.8 Å². The molecule has 0 aliphatic rings. The fourth-order valence-electron chi connectivity index (χ4n) is 2.13. The number of hydrogen-bond donors (Lipinski definition) is 1. The molecule has 0 saturated heterocycles. The van der Waals surface area contributed by atoms with Crippen molar-refractivity contribution in [3.8, 4) is 0 Å². The van der Waals surface area contributed by atoms with Crippen molar-refractivity contribution in [2.75, 3.05) is 0 Å². The molecular weight excluding hydrogens is 292 g/mol. The van der Waals surface area contributed by atoms with Crippen molar-refractivity contribution in [2.45, 2.75) is 19.0 Å². The average Bonchev–Trinajstić information content (AvgIpc) is 2.89. The van der Waals surface area contributed by atoms with Gasteiger partial charge in [-0.05, 0) is 43.0 Å². The van der Waals surface area contributed by atoms with E-state index in [0.717, 1.165) is 21.8 Å². The van der Waals surface area contributed by atoms with Crippen molar-refractivity contribution in [3.05, 3.63) is 70.6 Å². The number of nitrogens with zero attached hydrogens (tertiary/aromatic N) is 1. The number of fused-ring (bicyclic) bond motifs is 1. The topological polar surface area (TPSA) is 45.8 Å². The second-order valence-electron chi connectivity index (χ2n) is 5.21. The van der Waals surface area contributed by atoms with Gasteiger partial charge in [0, 0.05) is 5.56 Å². The zero-order valence-electron chi connectivity index (χ0n) is 12.5. The minimum atomic E-state index is -0.000504. The maximum atomic E-state index is 12.0. The molecule has 1 aromatic heterocycles. The molecule has 4 heteroatoms. The van der Waals surface area contributed by atoms with Crippen molar-refractivity contribution in [3.63, 3.8) is 0 Å². The number of imidazole rings is 1. The lowest BCUT2D eigenvalue weighted by Crippen LogP contribution is -1.93. The van der Waals surface area contributed by atoms with Gasteiger partial charge < -0.3 is 4.98 Å². The molecule has 3 rings (SSSR count). The van der Waals surface area contributed by atoms with Crippen LogP contribution >= 0.6 is 11.8 Å². The number of thioether (sulfide) groups is 1. The van der Waals surface area contributed by atoms with E-state index >= 15 is 0 Å². The molecule has 0 aliphatic carbocycles. The third kappa shape index (κ3) is 3.28. The van der Waals surface area contributed by atoms with Gasteiger partial charge in [0.2, 0.25) is 0 Å². The van der Waals surface area contributed by atoms with Crippen LogP contribution in [0.3, 0.4) is 0 Å². The molecule has 3 nitrogen and oxygen atoms in total. The van der Waals surface area contributed by atoms with Gasteiger partial charge in [-0.25, -0.2) is 4.98 Å². The Kier molecular flexibility index (Phi) is 4.11. The van der Waals surface area contributed by atoms with E-state index in [9.17, 15) is 4.79 Å². The molecule has 0 radical (unpaired) electrons. The van der Waals surface area contributed by atoms with Gasteiger partial charge in [0.05, 0.1) is 11.0 Å². The smallest absolute Gasteiger partial charge is 0.186 e. The van der Waals surface area contributed by atoms with Crippen LogP contribution in [0.1, 0.15) is 21.5 Å². The van der Waals surface area contributed by atoms with Crippen LogP contribution in [0.5, 0.6) is 0 Å². The van der Waals surface area contributed by atoms with Crippen LogP contribution in [0.15, 0.2) is 59.1 Å². The number of rotatable bonds is 4. The quantitative estimate of drug-likeness (QED) is 0.433. The Morgan fingerprint density at radius 2 is 1.82 bits per heavy atom. The summed E-state index contributed by atoms with van der Waals surface area (Å²) in [4.78, 5) is 19.8. The fourth-order valence-corrected chi connectivity index (χ4v) is 2.77. The predicted octanol–water partition coefficient (Wildman–Crippen LogP) is 4.67. The Balaban J connectivity index is 1.70. The summed E-state index contributed by atoms with van der Waals surface area (Å²) in [5.74, 6) is -0.000504. The number of aromatic amines is 1. The Bertz CT molecular complexity index is 847. The molecule has 0 atom stereocenters. The number of carbonyl (C=O) groups is 1. The van der Waals surface area contributed by atoms with E-state index in [-0.39, 0.29) is 5.78 Å². The molecule has 1 N–H and O–H groups in total. The molecule has 3 aromatic rings. The summed E-state index contributed by atoms with van der Waals surface area (Å²) < 4.78 is 0. The second kappa shape index (κ2) is 6.20. The molecule has 2 aromatic carbocycles. The van der Waals surface area contributed by atoms with Gasteiger partial charge in [0.25, 0.3) is 0 Å².